The number of aliphatic hydroxyl groups excluding tert-OH is 1. The van der Waals surface area contributed by atoms with Gasteiger partial charge in [-0.2, -0.15) is 0 Å². The summed E-state index contributed by atoms with van der Waals surface area (Å²) in [4.78, 5) is 10.7. The molecule has 10 nitrogen and oxygen atoms in total. The molecule has 0 radical (unpaired) electrons. The highest BCUT2D eigenvalue weighted by atomic mass is 16.6. The van der Waals surface area contributed by atoms with Crippen LogP contribution in [0.15, 0.2) is 48.5 Å². The monoisotopic (exact) mass is 464 g/mol. The third kappa shape index (κ3) is 11.6. The van der Waals surface area contributed by atoms with E-state index in [4.69, 9.17) is 28.8 Å². The van der Waals surface area contributed by atoms with Crippen LogP contribution in [0.4, 0.5) is 11.4 Å². The number of benzene rings is 2. The van der Waals surface area contributed by atoms with Gasteiger partial charge in [-0.3, -0.25) is 10.1 Å². The van der Waals surface area contributed by atoms with Crippen molar-refractivity contribution in [3.05, 3.63) is 64.2 Å². The van der Waals surface area contributed by atoms with Crippen molar-refractivity contribution < 1.29 is 33.7 Å². The third-order valence-corrected chi connectivity index (χ3v) is 4.34. The van der Waals surface area contributed by atoms with E-state index >= 15 is 0 Å². The molecule has 0 aliphatic rings. The molecule has 0 saturated carbocycles. The molecule has 0 aliphatic carbocycles. The molecule has 182 valence electrons. The van der Waals surface area contributed by atoms with Crippen molar-refractivity contribution >= 4 is 11.4 Å². The predicted molar refractivity (Wildman–Crippen MR) is 123 cm³/mol. The molecule has 0 amide bonds. The summed E-state index contributed by atoms with van der Waals surface area (Å²) in [5, 5.41) is 22.9. The smallest absolute Gasteiger partial charge is 0.273 e. The first-order chi connectivity index (χ1) is 16.2. The number of nitrogens with zero attached hydrogens (tertiary/aromatic N) is 1. The molecule has 0 bridgehead atoms. The SMILES string of the molecule is O=[N+]([O-])c1ccc(NCc2ccccc2)c(OCCOCCOCCOCCOCCO)c1. The molecule has 0 heterocycles. The first-order valence-corrected chi connectivity index (χ1v) is 10.8. The Labute approximate surface area is 193 Å². The minimum atomic E-state index is -0.451. The normalized spacial score (nSPS) is 10.8. The van der Waals surface area contributed by atoms with Crippen molar-refractivity contribution in [3.8, 4) is 5.75 Å². The van der Waals surface area contributed by atoms with Crippen molar-refractivity contribution in [2.45, 2.75) is 6.54 Å². The van der Waals surface area contributed by atoms with Gasteiger partial charge in [0.05, 0.1) is 76.1 Å². The molecule has 0 aliphatic heterocycles. The van der Waals surface area contributed by atoms with E-state index in [0.29, 0.717) is 70.8 Å². The summed E-state index contributed by atoms with van der Waals surface area (Å²) in [6.07, 6.45) is 0. The van der Waals surface area contributed by atoms with E-state index in [2.05, 4.69) is 5.32 Å². The van der Waals surface area contributed by atoms with Gasteiger partial charge in [-0.05, 0) is 11.6 Å². The van der Waals surface area contributed by atoms with Gasteiger partial charge in [-0.25, -0.2) is 0 Å². The lowest BCUT2D eigenvalue weighted by Crippen LogP contribution is -2.14. The van der Waals surface area contributed by atoms with E-state index in [1.165, 1.54) is 12.1 Å². The van der Waals surface area contributed by atoms with Crippen molar-refractivity contribution in [2.24, 2.45) is 0 Å². The minimum Gasteiger partial charge on any atom is -0.489 e. The van der Waals surface area contributed by atoms with Gasteiger partial charge >= 0.3 is 0 Å². The molecule has 10 heteroatoms. The zero-order chi connectivity index (χ0) is 23.6. The maximum Gasteiger partial charge on any atom is 0.273 e. The van der Waals surface area contributed by atoms with Crippen LogP contribution in [0.3, 0.4) is 0 Å². The summed E-state index contributed by atoms with van der Waals surface area (Å²) in [5.74, 6) is 0.403. The molecule has 0 unspecified atom stereocenters. The molecule has 2 N–H and O–H groups in total. The molecule has 0 saturated heterocycles. The zero-order valence-corrected chi connectivity index (χ0v) is 18.6. The van der Waals surface area contributed by atoms with Crippen LogP contribution in [0.25, 0.3) is 0 Å². The van der Waals surface area contributed by atoms with Crippen LogP contribution in [-0.4, -0.2) is 76.1 Å². The second-order valence-corrected chi connectivity index (χ2v) is 6.80. The van der Waals surface area contributed by atoms with Gasteiger partial charge in [-0.15, -0.1) is 0 Å². The van der Waals surface area contributed by atoms with Gasteiger partial charge < -0.3 is 34.1 Å². The standard InChI is InChI=1S/C23H32N2O8/c26-8-9-29-10-11-30-12-13-31-14-15-32-16-17-33-23-18-21(25(27)28)6-7-22(23)24-19-20-4-2-1-3-5-20/h1-7,18,24,26H,8-17,19H2. The third-order valence-electron chi connectivity index (χ3n) is 4.34. The second kappa shape index (κ2) is 16.8. The number of ether oxygens (including phenoxy) is 5. The molecule has 2 aromatic carbocycles. The lowest BCUT2D eigenvalue weighted by atomic mass is 10.2. The minimum absolute atomic E-state index is 0.00569. The second-order valence-electron chi connectivity index (χ2n) is 6.80. The number of hydrogen-bond acceptors (Lipinski definition) is 9. The maximum atomic E-state index is 11.1. The Kier molecular flexibility index (Phi) is 13.5. The number of anilines is 1. The topological polar surface area (TPSA) is 122 Å². The summed E-state index contributed by atoms with van der Waals surface area (Å²) >= 11 is 0. The van der Waals surface area contributed by atoms with Crippen LogP contribution in [0, 0.1) is 10.1 Å². The van der Waals surface area contributed by atoms with Crippen molar-refractivity contribution in [3.63, 3.8) is 0 Å². The first-order valence-electron chi connectivity index (χ1n) is 10.8. The molecule has 0 fully saturated rings. The fourth-order valence-corrected chi connectivity index (χ4v) is 2.72. The quantitative estimate of drug-likeness (QED) is 0.184. The maximum absolute atomic E-state index is 11.1. The van der Waals surface area contributed by atoms with E-state index in [1.54, 1.807) is 6.07 Å². The van der Waals surface area contributed by atoms with Gasteiger partial charge in [0.2, 0.25) is 0 Å². The number of nitro benzene ring substituents is 1. The summed E-state index contributed by atoms with van der Waals surface area (Å²) in [7, 11) is 0. The number of nitrogens with one attached hydrogen (secondary N) is 1. The Hall–Kier alpha value is -2.76. The van der Waals surface area contributed by atoms with Crippen molar-refractivity contribution in [1.29, 1.82) is 0 Å². The fraction of sp³-hybridized carbons (Fsp3) is 0.478. The van der Waals surface area contributed by atoms with Crippen LogP contribution in [-0.2, 0) is 25.5 Å². The largest absolute Gasteiger partial charge is 0.489 e. The number of aliphatic hydroxyl groups is 1. The van der Waals surface area contributed by atoms with Gasteiger partial charge in [0.25, 0.3) is 5.69 Å². The summed E-state index contributed by atoms with van der Waals surface area (Å²) < 4.78 is 27.0. The molecule has 2 aromatic rings. The highest BCUT2D eigenvalue weighted by Gasteiger charge is 2.12. The van der Waals surface area contributed by atoms with E-state index in [1.807, 2.05) is 30.3 Å². The Morgan fingerprint density at radius 1 is 0.788 bits per heavy atom. The number of non-ortho nitro benzene ring substituents is 1. The van der Waals surface area contributed by atoms with Gasteiger partial charge in [0.15, 0.2) is 0 Å². The predicted octanol–water partition coefficient (Wildman–Crippen LogP) is 2.64. The Balaban J connectivity index is 1.62. The molecule has 0 atom stereocenters. The van der Waals surface area contributed by atoms with E-state index in [-0.39, 0.29) is 18.9 Å². The van der Waals surface area contributed by atoms with Gasteiger partial charge in [0.1, 0.15) is 12.4 Å². The number of rotatable bonds is 19. The Morgan fingerprint density at radius 3 is 1.94 bits per heavy atom. The van der Waals surface area contributed by atoms with Gasteiger partial charge in [0, 0.05) is 12.6 Å². The average molecular weight is 465 g/mol. The van der Waals surface area contributed by atoms with Crippen LogP contribution >= 0.6 is 0 Å². The fourth-order valence-electron chi connectivity index (χ4n) is 2.72. The molecule has 33 heavy (non-hydrogen) atoms. The Morgan fingerprint density at radius 2 is 1.36 bits per heavy atom. The van der Waals surface area contributed by atoms with Crippen LogP contribution in [0.1, 0.15) is 5.56 Å². The average Bonchev–Trinajstić information content (AvgIpc) is 2.83. The van der Waals surface area contributed by atoms with E-state index in [0.717, 1.165) is 5.56 Å². The lowest BCUT2D eigenvalue weighted by molar-refractivity contribution is -0.384. The molecule has 0 spiro atoms. The van der Waals surface area contributed by atoms with Crippen LogP contribution in [0.5, 0.6) is 5.75 Å². The highest BCUT2D eigenvalue weighted by Crippen LogP contribution is 2.29. The summed E-state index contributed by atoms with van der Waals surface area (Å²) in [6.45, 7) is 4.08. The van der Waals surface area contributed by atoms with Crippen molar-refractivity contribution in [1.82, 2.24) is 0 Å². The molecular weight excluding hydrogens is 432 g/mol. The van der Waals surface area contributed by atoms with E-state index in [9.17, 15) is 10.1 Å². The van der Waals surface area contributed by atoms with Gasteiger partial charge in [-0.1, -0.05) is 30.3 Å². The number of hydrogen-bond donors (Lipinski definition) is 2. The Bertz CT molecular complexity index is 791. The first kappa shape index (κ1) is 26.5. The number of nitro groups is 1. The zero-order valence-electron chi connectivity index (χ0n) is 18.6. The summed E-state index contributed by atoms with van der Waals surface area (Å²) in [5.41, 5.74) is 1.73. The van der Waals surface area contributed by atoms with Crippen LogP contribution < -0.4 is 10.1 Å². The molecule has 2 rings (SSSR count). The summed E-state index contributed by atoms with van der Waals surface area (Å²) in [6, 6.07) is 14.3. The molecule has 0 aromatic heterocycles. The van der Waals surface area contributed by atoms with Crippen LogP contribution in [0.2, 0.25) is 0 Å². The van der Waals surface area contributed by atoms with E-state index < -0.39 is 4.92 Å². The van der Waals surface area contributed by atoms with Crippen molar-refractivity contribution in [2.75, 3.05) is 71.4 Å². The highest BCUT2D eigenvalue weighted by molar-refractivity contribution is 5.60. The molecular formula is C23H32N2O8. The lowest BCUT2D eigenvalue weighted by Gasteiger charge is -2.13.